The quantitative estimate of drug-likeness (QED) is 0.315. The van der Waals surface area contributed by atoms with E-state index in [-0.39, 0.29) is 23.7 Å². The number of benzene rings is 1. The topological polar surface area (TPSA) is 105 Å². The van der Waals surface area contributed by atoms with Crippen molar-refractivity contribution in [3.8, 4) is 5.88 Å². The monoisotopic (exact) mass is 428 g/mol. The van der Waals surface area contributed by atoms with E-state index in [1.807, 2.05) is 12.1 Å². The number of carbonyl (C=O) groups excluding carboxylic acids is 1. The van der Waals surface area contributed by atoms with Gasteiger partial charge in [0.2, 0.25) is 5.78 Å². The number of hydrogen-bond acceptors (Lipinski definition) is 7. The molecule has 0 aliphatic rings. The molecule has 0 aliphatic heterocycles. The summed E-state index contributed by atoms with van der Waals surface area (Å²) in [6.07, 6.45) is 0. The Morgan fingerprint density at radius 1 is 1.13 bits per heavy atom. The van der Waals surface area contributed by atoms with Crippen molar-refractivity contribution >= 4 is 17.4 Å². The van der Waals surface area contributed by atoms with Gasteiger partial charge in [-0.05, 0) is 38.9 Å². The number of rotatable bonds is 9. The van der Waals surface area contributed by atoms with Gasteiger partial charge in [0.05, 0.1) is 13.2 Å². The standard InChI is InChI=1S/C22H30N5O4/c1-22(2,3)17-11-15(14-30-5)10-16(12-17)18(28)13-26-20-7-6-19(31-9-8-29-4)24-27(20)21(23)25-26/h6-7,10-12H,8-9,13-14H2,1-5H3,(H2,23,25)/q+1. The minimum absolute atomic E-state index is 0.0340. The molecule has 0 bridgehead atoms. The predicted octanol–water partition coefficient (Wildman–Crippen LogP) is 1.95. The van der Waals surface area contributed by atoms with Crippen molar-refractivity contribution in [2.75, 3.05) is 33.2 Å². The lowest BCUT2D eigenvalue weighted by molar-refractivity contribution is -0.714. The van der Waals surface area contributed by atoms with E-state index in [2.05, 4.69) is 37.0 Å². The van der Waals surface area contributed by atoms with Gasteiger partial charge in [0, 0.05) is 31.9 Å². The Hall–Kier alpha value is -3.04. The SMILES string of the molecule is COCCOc1ccc2n(n1)c(N)n[n+]2CC(=O)c1cc(COC)cc(C(C)(C)C)c1. The van der Waals surface area contributed by atoms with Gasteiger partial charge in [0.25, 0.3) is 5.88 Å². The lowest BCUT2D eigenvalue weighted by Gasteiger charge is -2.21. The number of Topliss-reactive ketones (excluding diaryl/α,β-unsaturated/α-hetero) is 1. The maximum Gasteiger partial charge on any atom is 0.355 e. The number of aromatic nitrogens is 4. The third-order valence-electron chi connectivity index (χ3n) is 4.82. The van der Waals surface area contributed by atoms with Crippen LogP contribution in [-0.2, 0) is 28.0 Å². The van der Waals surface area contributed by atoms with Gasteiger partial charge in [-0.3, -0.25) is 4.79 Å². The van der Waals surface area contributed by atoms with Gasteiger partial charge in [0.15, 0.2) is 6.54 Å². The van der Waals surface area contributed by atoms with E-state index in [1.54, 1.807) is 31.0 Å². The van der Waals surface area contributed by atoms with Crippen molar-refractivity contribution < 1.29 is 23.7 Å². The minimum Gasteiger partial charge on any atom is -0.473 e. The average Bonchev–Trinajstić information content (AvgIpc) is 3.02. The van der Waals surface area contributed by atoms with Crippen LogP contribution in [0.25, 0.3) is 5.65 Å². The summed E-state index contributed by atoms with van der Waals surface area (Å²) in [6, 6.07) is 9.36. The highest BCUT2D eigenvalue weighted by Gasteiger charge is 2.24. The van der Waals surface area contributed by atoms with Gasteiger partial charge < -0.3 is 19.9 Å². The van der Waals surface area contributed by atoms with Crippen molar-refractivity contribution in [2.45, 2.75) is 39.3 Å². The molecule has 3 rings (SSSR count). The van der Waals surface area contributed by atoms with Gasteiger partial charge in [-0.25, -0.2) is 0 Å². The highest BCUT2D eigenvalue weighted by molar-refractivity contribution is 5.95. The number of ether oxygens (including phenoxy) is 3. The Kier molecular flexibility index (Phi) is 6.87. The van der Waals surface area contributed by atoms with Crippen LogP contribution >= 0.6 is 0 Å². The summed E-state index contributed by atoms with van der Waals surface area (Å²) in [5.41, 5.74) is 9.15. The lowest BCUT2D eigenvalue weighted by Crippen LogP contribution is -2.40. The first-order chi connectivity index (χ1) is 14.7. The fraction of sp³-hybridized carbons (Fsp3) is 0.455. The maximum absolute atomic E-state index is 13.1. The van der Waals surface area contributed by atoms with Crippen LogP contribution in [0.3, 0.4) is 0 Å². The summed E-state index contributed by atoms with van der Waals surface area (Å²) in [5, 5.41) is 8.63. The minimum atomic E-state index is -0.0966. The van der Waals surface area contributed by atoms with Crippen LogP contribution < -0.4 is 15.2 Å². The highest BCUT2D eigenvalue weighted by Crippen LogP contribution is 2.25. The van der Waals surface area contributed by atoms with E-state index >= 15 is 0 Å². The second kappa shape index (κ2) is 9.40. The molecule has 9 nitrogen and oxygen atoms in total. The zero-order valence-corrected chi connectivity index (χ0v) is 18.7. The first kappa shape index (κ1) is 22.6. The Bertz CT molecular complexity index is 1070. The second-order valence-corrected chi connectivity index (χ2v) is 8.32. The molecule has 0 fully saturated rings. The van der Waals surface area contributed by atoms with E-state index in [4.69, 9.17) is 19.9 Å². The molecule has 0 atom stereocenters. The third kappa shape index (κ3) is 5.36. The molecule has 0 unspecified atom stereocenters. The molecule has 1 aromatic carbocycles. The van der Waals surface area contributed by atoms with E-state index in [0.717, 1.165) is 11.1 Å². The Morgan fingerprint density at radius 2 is 1.90 bits per heavy atom. The molecule has 0 radical (unpaired) electrons. The summed E-state index contributed by atoms with van der Waals surface area (Å²) < 4.78 is 18.8. The molecule has 0 aliphatic carbocycles. The van der Waals surface area contributed by atoms with Crippen molar-refractivity contribution in [1.82, 2.24) is 14.7 Å². The summed E-state index contributed by atoms with van der Waals surface area (Å²) in [4.78, 5) is 13.1. The zero-order valence-electron chi connectivity index (χ0n) is 18.7. The van der Waals surface area contributed by atoms with Crippen molar-refractivity contribution in [3.63, 3.8) is 0 Å². The average molecular weight is 429 g/mol. The van der Waals surface area contributed by atoms with Crippen LogP contribution in [0.15, 0.2) is 30.3 Å². The molecule has 2 heterocycles. The van der Waals surface area contributed by atoms with Crippen LogP contribution in [0.2, 0.25) is 0 Å². The van der Waals surface area contributed by atoms with E-state index in [1.165, 1.54) is 4.52 Å². The molecule has 0 amide bonds. The largest absolute Gasteiger partial charge is 0.473 e. The summed E-state index contributed by atoms with van der Waals surface area (Å²) in [5.74, 6) is 0.492. The van der Waals surface area contributed by atoms with Crippen LogP contribution in [-0.4, -0.2) is 47.9 Å². The third-order valence-corrected chi connectivity index (χ3v) is 4.82. The van der Waals surface area contributed by atoms with Crippen molar-refractivity contribution in [3.05, 3.63) is 47.0 Å². The predicted molar refractivity (Wildman–Crippen MR) is 115 cm³/mol. The summed E-state index contributed by atoms with van der Waals surface area (Å²) in [6.45, 7) is 7.64. The first-order valence-electron chi connectivity index (χ1n) is 10.1. The number of anilines is 1. The molecule has 166 valence electrons. The van der Waals surface area contributed by atoms with Crippen LogP contribution in [0.1, 0.15) is 42.3 Å². The molecule has 0 saturated heterocycles. The van der Waals surface area contributed by atoms with Gasteiger partial charge in [0.1, 0.15) is 6.61 Å². The molecule has 3 aromatic rings. The van der Waals surface area contributed by atoms with E-state index in [0.29, 0.717) is 36.9 Å². The molecular weight excluding hydrogens is 398 g/mol. The number of ketones is 1. The number of hydrogen-bond donors (Lipinski definition) is 1. The number of nitrogens with two attached hydrogens (primary N) is 1. The smallest absolute Gasteiger partial charge is 0.355 e. The van der Waals surface area contributed by atoms with Gasteiger partial charge in [-0.1, -0.05) is 31.4 Å². The molecule has 9 heteroatoms. The molecular formula is C22H30N5O4+. The molecule has 0 spiro atoms. The van der Waals surface area contributed by atoms with Crippen molar-refractivity contribution in [1.29, 1.82) is 0 Å². The molecule has 31 heavy (non-hydrogen) atoms. The van der Waals surface area contributed by atoms with E-state index in [9.17, 15) is 4.79 Å². The fourth-order valence-electron chi connectivity index (χ4n) is 3.17. The summed E-state index contributed by atoms with van der Waals surface area (Å²) in [7, 11) is 3.24. The van der Waals surface area contributed by atoms with Gasteiger partial charge in [-0.15, -0.1) is 4.68 Å². The Balaban J connectivity index is 1.88. The Morgan fingerprint density at radius 3 is 2.58 bits per heavy atom. The fourth-order valence-corrected chi connectivity index (χ4v) is 3.17. The van der Waals surface area contributed by atoms with Crippen molar-refractivity contribution in [2.24, 2.45) is 0 Å². The normalized spacial score (nSPS) is 11.8. The molecule has 2 aromatic heterocycles. The number of fused-ring (bicyclic) bond motifs is 1. The number of carbonyl (C=O) groups is 1. The number of nitrogens with zero attached hydrogens (tertiary/aromatic N) is 4. The number of methoxy groups -OCH3 is 2. The second-order valence-electron chi connectivity index (χ2n) is 8.32. The van der Waals surface area contributed by atoms with Crippen LogP contribution in [0, 0.1) is 0 Å². The number of nitrogen functional groups attached to an aromatic ring is 1. The van der Waals surface area contributed by atoms with Crippen LogP contribution in [0.5, 0.6) is 5.88 Å². The van der Waals surface area contributed by atoms with Gasteiger partial charge >= 0.3 is 11.6 Å². The first-order valence-corrected chi connectivity index (χ1v) is 10.1. The van der Waals surface area contributed by atoms with Crippen LogP contribution in [0.4, 0.5) is 5.95 Å². The molecule has 0 saturated carbocycles. The highest BCUT2D eigenvalue weighted by atomic mass is 16.5. The maximum atomic E-state index is 13.1. The lowest BCUT2D eigenvalue weighted by atomic mass is 9.84. The summed E-state index contributed by atoms with van der Waals surface area (Å²) >= 11 is 0. The van der Waals surface area contributed by atoms with Gasteiger partial charge in [-0.2, -0.15) is 0 Å². The van der Waals surface area contributed by atoms with E-state index < -0.39 is 0 Å². The zero-order chi connectivity index (χ0) is 22.6. The molecule has 2 N–H and O–H groups in total. The Labute approximate surface area is 181 Å².